The molecule has 674 valence electrons. The van der Waals surface area contributed by atoms with Crippen LogP contribution in [0.15, 0.2) is 127 Å². The number of rotatable bonds is 20. The van der Waals surface area contributed by atoms with Gasteiger partial charge in [-0.15, -0.1) is 0 Å². The summed E-state index contributed by atoms with van der Waals surface area (Å²) >= 11 is 7.14. The first-order chi connectivity index (χ1) is 60.1. The number of primary amides is 1. The Balaban J connectivity index is 1.02. The van der Waals surface area contributed by atoms with Crippen LogP contribution in [0.5, 0.6) is 46.0 Å². The Kier molecular flexibility index (Phi) is 28.0. The largest absolute Gasteiger partial charge is 0.508 e. The first-order valence-corrected chi connectivity index (χ1v) is 39.6. The number of nitro groups is 2. The summed E-state index contributed by atoms with van der Waals surface area (Å²) in [6.45, 7) is 5.58. The fraction of sp³-hybridized carbons (Fsp3) is 0.373. The molecular weight excluding hydrogens is 1700 g/mol. The molecule has 0 radical (unpaired) electrons. The third-order valence-electron chi connectivity index (χ3n) is 21.8. The van der Waals surface area contributed by atoms with E-state index in [1.165, 1.54) is 94.5 Å². The van der Waals surface area contributed by atoms with Crippen LogP contribution in [0.3, 0.4) is 0 Å². The second kappa shape index (κ2) is 38.5. The molecule has 0 aliphatic carbocycles. The number of carboxylic acids is 1. The van der Waals surface area contributed by atoms with E-state index in [4.69, 9.17) is 55.2 Å². The number of nitrogens with two attached hydrogens (primary N) is 1. The number of nitrogens with one attached hydrogen (secondary N) is 7. The average molecular weight is 1790 g/mol. The third kappa shape index (κ3) is 20.7. The van der Waals surface area contributed by atoms with Gasteiger partial charge in [0.25, 0.3) is 11.4 Å². The number of fused-ring (bicyclic) bond motifs is 15. The lowest BCUT2D eigenvalue weighted by Crippen LogP contribution is -2.66. The van der Waals surface area contributed by atoms with Gasteiger partial charge in [-0.05, 0) is 151 Å². The number of carboxylic acid groups (broad SMARTS) is 1. The number of ether oxygens (including phenoxy) is 8. The molecule has 0 aromatic heterocycles. The van der Waals surface area contributed by atoms with E-state index in [1.54, 1.807) is 13.8 Å². The van der Waals surface area contributed by atoms with E-state index in [9.17, 15) is 90.5 Å². The van der Waals surface area contributed by atoms with Crippen molar-refractivity contribution in [3.05, 3.63) is 197 Å². The smallest absolute Gasteiger partial charge is 0.410 e. The molecule has 127 heavy (non-hydrogen) atoms. The van der Waals surface area contributed by atoms with Crippen LogP contribution in [0, 0.1) is 33.1 Å². The molecule has 7 aliphatic rings. The van der Waals surface area contributed by atoms with E-state index in [2.05, 4.69) is 37.2 Å². The summed E-state index contributed by atoms with van der Waals surface area (Å²) in [5.74, 6) is -17.5. The monoisotopic (exact) mass is 1790 g/mol. The fourth-order valence-corrected chi connectivity index (χ4v) is 15.3. The van der Waals surface area contributed by atoms with Crippen LogP contribution in [0.25, 0.3) is 11.1 Å². The summed E-state index contributed by atoms with van der Waals surface area (Å²) in [4.78, 5) is 170. The van der Waals surface area contributed by atoms with Gasteiger partial charge in [-0.3, -0.25) is 58.7 Å². The molecule has 0 spiro atoms. The molecule has 7 aliphatic heterocycles. The zero-order valence-electron chi connectivity index (χ0n) is 68.0. The van der Waals surface area contributed by atoms with Crippen LogP contribution in [0.1, 0.15) is 122 Å². The number of phenolic OH excluding ortho intramolecular Hbond substituents is 3. The van der Waals surface area contributed by atoms with Gasteiger partial charge >= 0.3 is 18.2 Å². The SMILES string of the molecule is Cc1cc2ccc1Oc1cc3cc(c1O[C@@H]1O[C@H](CO)[C@@H](O)[C@H](O)[C@H]1O[C@H]1C[C@](C)(NC(=O)OCc4ccc([N+](=O)[O-])cc4)[C@H](O)[C@H](C)O1)Oc1ccc(cc1Cl)[C@@H](O)[C@@H]1NC(=O)[C@H](NC(=O)[C@@H]3NC(=O)[C@H](CC(N)=O)NC(=O)[C@H](NC(=O)[C@@H](CC(C)C)N(C)C(=O)OCc3ccc([N+](=O)[O-])cc3)[C@@H]2O)c2ccc(O)c(c2)-c2c(O)cc(O)cc2[C@@H](C(=O)O)NC1=O. The highest BCUT2D eigenvalue weighted by molar-refractivity contribution is 6.32. The van der Waals surface area contributed by atoms with Gasteiger partial charge in [0.2, 0.25) is 53.4 Å². The van der Waals surface area contributed by atoms with Gasteiger partial charge in [-0.2, -0.15) is 0 Å². The van der Waals surface area contributed by atoms with Gasteiger partial charge < -0.3 is 132 Å². The number of halogens is 1. The number of hydrogen-bond acceptors (Lipinski definition) is 31. The molecule has 7 aromatic rings. The van der Waals surface area contributed by atoms with Crippen LogP contribution in [-0.4, -0.2) is 218 Å². The second-order valence-electron chi connectivity index (χ2n) is 31.3. The van der Waals surface area contributed by atoms with Crippen LogP contribution < -0.4 is 57.2 Å². The molecule has 7 aromatic carbocycles. The zero-order chi connectivity index (χ0) is 92.2. The number of aromatic hydroxyl groups is 3. The number of nitro benzene ring substituents is 2. The van der Waals surface area contributed by atoms with Crippen molar-refractivity contribution in [2.24, 2.45) is 11.7 Å². The molecule has 0 unspecified atom stereocenters. The lowest BCUT2D eigenvalue weighted by Gasteiger charge is -2.48. The van der Waals surface area contributed by atoms with Gasteiger partial charge in [0, 0.05) is 60.5 Å². The number of carbonyl (C=O) groups is 10. The molecular formula is C83H88ClN11O32. The molecule has 2 saturated heterocycles. The molecule has 43 nitrogen and oxygen atoms in total. The van der Waals surface area contributed by atoms with Crippen molar-refractivity contribution in [3.63, 3.8) is 0 Å². The van der Waals surface area contributed by atoms with Crippen LogP contribution in [-0.2, 0) is 75.3 Å². The van der Waals surface area contributed by atoms with Crippen molar-refractivity contribution in [1.82, 2.24) is 42.1 Å². The summed E-state index contributed by atoms with van der Waals surface area (Å²) in [6, 6.07) is 7.80. The standard InChI is InChI=1S/C83H88ClN11O32/c1-34(2)21-50(93(6)82(115)121-33-38-9-16-44(17-10-38)95(118)119)74(107)90-64-66(101)40-12-19-53(35(3)22-40)123-55-25-42-26-56(70(55)127-80-71(69(104)68(103)57(31-96)125-80)126-59-30-83(5,72(105)36(4)122-59)92-81(114)120-32-37-7-14-43(15-8-37)94(116)117)124-54-20-13-41(24-48(54)84)67(102)65-78(111)89-63(79(112)113)47-27-45(97)28-52(99)60(47)46-23-39(11-18-51(46)98)61(75(108)91-65)88-76(109)62(42)87-73(106)49(29-58(85)100)86-77(64)110/h7-20,22-28,34,36,49-50,57,59,61-69,71-72,80,96-99,101-105H,21,29-33H2,1-6H3,(H2,85,100)(H,86,110)(H,87,106)(H,88,109)(H,89,111)(H,90,107)(H,91,108)(H,92,114)(H,112,113)/t36-,49-,50+,57+,59-,61+,62+,63-,64+,65-,66+,67+,68+,69-,71+,72+,80-,83-/m0/s1. The van der Waals surface area contributed by atoms with Crippen LogP contribution in [0.2, 0.25) is 5.02 Å². The van der Waals surface area contributed by atoms with E-state index >= 15 is 28.8 Å². The minimum absolute atomic E-state index is 0.0219. The Labute approximate surface area is 724 Å². The normalized spacial score (nSPS) is 25.5. The number of aliphatic hydroxyl groups excluding tert-OH is 6. The highest BCUT2D eigenvalue weighted by Gasteiger charge is 2.53. The Hall–Kier alpha value is -13.6. The van der Waals surface area contributed by atoms with E-state index in [-0.39, 0.29) is 40.2 Å². The maximum atomic E-state index is 16.3. The van der Waals surface area contributed by atoms with Crippen LogP contribution >= 0.6 is 11.6 Å². The van der Waals surface area contributed by atoms with Crippen LogP contribution in [0.4, 0.5) is 21.0 Å². The Bertz CT molecular complexity index is 5460. The Morgan fingerprint density at radius 2 is 1.27 bits per heavy atom. The number of aliphatic carboxylic acids is 1. The second-order valence-corrected chi connectivity index (χ2v) is 31.8. The maximum absolute atomic E-state index is 16.3. The first kappa shape index (κ1) is 92.5. The summed E-state index contributed by atoms with van der Waals surface area (Å²) in [7, 11) is 1.18. The number of aryl methyl sites for hydroxylation is 1. The first-order valence-electron chi connectivity index (χ1n) is 39.2. The van der Waals surface area contributed by atoms with E-state index in [0.717, 1.165) is 65.6 Å². The average Bonchev–Trinajstić information content (AvgIpc) is 0.766. The topological polar surface area (TPSA) is 647 Å². The minimum atomic E-state index is -2.46. The van der Waals surface area contributed by atoms with Gasteiger partial charge in [0.05, 0.1) is 39.5 Å². The number of nitrogens with zero attached hydrogens (tertiary/aromatic N) is 3. The Morgan fingerprint density at radius 3 is 1.87 bits per heavy atom. The number of phenols is 3. The van der Waals surface area contributed by atoms with Gasteiger partial charge in [0.1, 0.15) is 115 Å². The maximum Gasteiger partial charge on any atom is 0.410 e. The fourth-order valence-electron chi connectivity index (χ4n) is 15.1. The molecule has 0 saturated carbocycles. The predicted octanol–water partition coefficient (Wildman–Crippen LogP) is 3.59. The van der Waals surface area contributed by atoms with Crippen molar-refractivity contribution in [3.8, 4) is 57.1 Å². The number of likely N-dealkylation sites (N-methyl/N-ethyl adjacent to an activating group) is 1. The molecule has 14 rings (SSSR count). The number of carbonyl (C=O) groups excluding carboxylic acids is 9. The molecule has 7 heterocycles. The number of benzene rings is 7. The van der Waals surface area contributed by atoms with Crippen molar-refractivity contribution in [1.29, 1.82) is 0 Å². The summed E-state index contributed by atoms with van der Waals surface area (Å²) in [5, 5.41) is 156. The number of amides is 9. The summed E-state index contributed by atoms with van der Waals surface area (Å²) in [5.41, 5.74) is 0.986. The highest BCUT2D eigenvalue weighted by atomic mass is 35.5. The number of aliphatic hydroxyl groups is 6. The van der Waals surface area contributed by atoms with E-state index < -0.39 is 290 Å². The van der Waals surface area contributed by atoms with Gasteiger partial charge in [-0.1, -0.05) is 43.6 Å². The van der Waals surface area contributed by atoms with Gasteiger partial charge in [-0.25, -0.2) is 14.4 Å². The number of alkyl carbamates (subject to hydrolysis) is 1. The van der Waals surface area contributed by atoms with E-state index in [0.29, 0.717) is 11.1 Å². The van der Waals surface area contributed by atoms with Crippen molar-refractivity contribution < 1.29 is 147 Å². The number of hydrogen-bond donors (Lipinski definition) is 18. The summed E-state index contributed by atoms with van der Waals surface area (Å²) < 4.78 is 50.1. The highest BCUT2D eigenvalue weighted by Crippen LogP contribution is 2.50. The molecule has 18 atom stereocenters. The summed E-state index contributed by atoms with van der Waals surface area (Å²) in [6.07, 6.45) is -23.5. The van der Waals surface area contributed by atoms with E-state index in [1.807, 2.05) is 0 Å². The Morgan fingerprint density at radius 1 is 0.677 bits per heavy atom. The van der Waals surface area contributed by atoms with Crippen molar-refractivity contribution in [2.75, 3.05) is 13.7 Å². The van der Waals surface area contributed by atoms with Gasteiger partial charge in [0.15, 0.2) is 29.9 Å². The molecule has 11 bridgehead atoms. The molecule has 9 amide bonds. The zero-order valence-corrected chi connectivity index (χ0v) is 68.8. The number of non-ortho nitro benzene ring substituents is 2. The quantitative estimate of drug-likeness (QED) is 0.0383. The van der Waals surface area contributed by atoms with Crippen molar-refractivity contribution >= 4 is 82.5 Å². The molecule has 2 fully saturated rings. The lowest BCUT2D eigenvalue weighted by molar-refractivity contribution is -0.385. The lowest BCUT2D eigenvalue weighted by atomic mass is 9.85. The predicted molar refractivity (Wildman–Crippen MR) is 433 cm³/mol. The third-order valence-corrected chi connectivity index (χ3v) is 22.1. The minimum Gasteiger partial charge on any atom is -0.508 e. The molecule has 19 N–H and O–H groups in total. The van der Waals surface area contributed by atoms with Crippen molar-refractivity contribution in [2.45, 2.75) is 176 Å². The molecule has 44 heteroatoms.